The van der Waals surface area contributed by atoms with E-state index >= 15 is 0 Å². The molecule has 1 atom stereocenters. The molecule has 2 aromatic carbocycles. The van der Waals surface area contributed by atoms with Gasteiger partial charge in [-0.3, -0.25) is 9.59 Å². The van der Waals surface area contributed by atoms with Gasteiger partial charge in [-0.1, -0.05) is 72.0 Å². The molecule has 4 nitrogen and oxygen atoms in total. The van der Waals surface area contributed by atoms with Crippen LogP contribution in [0, 0.1) is 20.8 Å². The Morgan fingerprint density at radius 1 is 1.00 bits per heavy atom. The molecule has 0 spiro atoms. The van der Waals surface area contributed by atoms with Crippen molar-refractivity contribution in [2.75, 3.05) is 5.75 Å². The summed E-state index contributed by atoms with van der Waals surface area (Å²) in [6.45, 7) is 8.54. The standard InChI is InChI=1S/C27H36N2O2S/c1-19-8-7-9-23(13-19)16-29(22(4)27(31)28-25-10-5-6-11-25)26(30)18-32-17-24-14-20(2)12-21(3)15-24/h7-9,12-15,22,25H,5-6,10-11,16-18H2,1-4H3,(H,28,31). The molecular formula is C27H36N2O2S. The van der Waals surface area contributed by atoms with E-state index < -0.39 is 6.04 Å². The zero-order valence-electron chi connectivity index (χ0n) is 19.8. The van der Waals surface area contributed by atoms with E-state index in [0.717, 1.165) is 29.7 Å². The Hall–Kier alpha value is -2.27. The maximum atomic E-state index is 13.3. The smallest absolute Gasteiger partial charge is 0.242 e. The summed E-state index contributed by atoms with van der Waals surface area (Å²) >= 11 is 1.61. The first-order chi connectivity index (χ1) is 15.3. The van der Waals surface area contributed by atoms with Crippen LogP contribution in [0.4, 0.5) is 0 Å². The fourth-order valence-corrected chi connectivity index (χ4v) is 5.32. The molecule has 2 amide bonds. The average molecular weight is 453 g/mol. The lowest BCUT2D eigenvalue weighted by molar-refractivity contribution is -0.138. The summed E-state index contributed by atoms with van der Waals surface area (Å²) in [5.74, 6) is 1.11. The molecule has 1 saturated carbocycles. The number of amides is 2. The zero-order chi connectivity index (χ0) is 23.1. The normalized spacial score (nSPS) is 14.9. The third-order valence-corrected chi connectivity index (χ3v) is 7.07. The van der Waals surface area contributed by atoms with E-state index in [-0.39, 0.29) is 17.9 Å². The summed E-state index contributed by atoms with van der Waals surface area (Å²) < 4.78 is 0. The molecular weight excluding hydrogens is 416 g/mol. The Kier molecular flexibility index (Phi) is 8.80. The minimum atomic E-state index is -0.495. The topological polar surface area (TPSA) is 49.4 Å². The van der Waals surface area contributed by atoms with E-state index in [1.54, 1.807) is 16.7 Å². The van der Waals surface area contributed by atoms with Gasteiger partial charge in [-0.25, -0.2) is 0 Å². The summed E-state index contributed by atoms with van der Waals surface area (Å²) in [7, 11) is 0. The first-order valence-corrected chi connectivity index (χ1v) is 12.8. The molecule has 1 unspecified atom stereocenters. The van der Waals surface area contributed by atoms with Crippen LogP contribution in [0.25, 0.3) is 0 Å². The fourth-order valence-electron chi connectivity index (χ4n) is 4.47. The lowest BCUT2D eigenvalue weighted by Gasteiger charge is -2.30. The van der Waals surface area contributed by atoms with Crippen molar-refractivity contribution in [3.05, 3.63) is 70.3 Å². The molecule has 1 aliphatic carbocycles. The van der Waals surface area contributed by atoms with Crippen LogP contribution in [0.3, 0.4) is 0 Å². The van der Waals surface area contributed by atoms with Crippen molar-refractivity contribution in [1.82, 2.24) is 10.2 Å². The number of carbonyl (C=O) groups is 2. The minimum absolute atomic E-state index is 0.00922. The predicted octanol–water partition coefficient (Wildman–Crippen LogP) is 5.32. The van der Waals surface area contributed by atoms with Crippen LogP contribution in [0.1, 0.15) is 60.4 Å². The molecule has 0 heterocycles. The number of aryl methyl sites for hydroxylation is 3. The number of nitrogens with zero attached hydrogens (tertiary/aromatic N) is 1. The Morgan fingerprint density at radius 2 is 1.66 bits per heavy atom. The minimum Gasteiger partial charge on any atom is -0.352 e. The highest BCUT2D eigenvalue weighted by atomic mass is 32.2. The van der Waals surface area contributed by atoms with Crippen molar-refractivity contribution in [2.45, 2.75) is 77.8 Å². The molecule has 2 aromatic rings. The van der Waals surface area contributed by atoms with Gasteiger partial charge in [0, 0.05) is 18.3 Å². The summed E-state index contributed by atoms with van der Waals surface area (Å²) in [6.07, 6.45) is 4.41. The maximum absolute atomic E-state index is 13.3. The quantitative estimate of drug-likeness (QED) is 0.560. The third-order valence-electron chi connectivity index (χ3n) is 6.08. The van der Waals surface area contributed by atoms with Gasteiger partial charge in [0.05, 0.1) is 5.75 Å². The highest BCUT2D eigenvalue weighted by Gasteiger charge is 2.28. The number of rotatable bonds is 9. The van der Waals surface area contributed by atoms with Crippen molar-refractivity contribution in [2.24, 2.45) is 0 Å². The summed E-state index contributed by atoms with van der Waals surface area (Å²) in [5, 5.41) is 3.17. The van der Waals surface area contributed by atoms with Crippen LogP contribution in [0.2, 0.25) is 0 Å². The van der Waals surface area contributed by atoms with E-state index in [4.69, 9.17) is 0 Å². The molecule has 5 heteroatoms. The third kappa shape index (κ3) is 7.13. The van der Waals surface area contributed by atoms with E-state index in [2.05, 4.69) is 43.4 Å². The van der Waals surface area contributed by atoms with Gasteiger partial charge in [-0.15, -0.1) is 11.8 Å². The van der Waals surface area contributed by atoms with Crippen molar-refractivity contribution in [3.8, 4) is 0 Å². The second kappa shape index (κ2) is 11.6. The van der Waals surface area contributed by atoms with Gasteiger partial charge in [0.25, 0.3) is 0 Å². The summed E-state index contributed by atoms with van der Waals surface area (Å²) in [4.78, 5) is 28.0. The molecule has 1 aliphatic rings. The molecule has 0 radical (unpaired) electrons. The van der Waals surface area contributed by atoms with Crippen LogP contribution in [0.5, 0.6) is 0 Å². The lowest BCUT2D eigenvalue weighted by Crippen LogP contribution is -2.50. The number of nitrogens with one attached hydrogen (secondary N) is 1. The number of hydrogen-bond donors (Lipinski definition) is 1. The van der Waals surface area contributed by atoms with Crippen LogP contribution < -0.4 is 5.32 Å². The van der Waals surface area contributed by atoms with Crippen LogP contribution >= 0.6 is 11.8 Å². The predicted molar refractivity (Wildman–Crippen MR) is 134 cm³/mol. The summed E-state index contributed by atoms with van der Waals surface area (Å²) in [5.41, 5.74) is 5.92. The van der Waals surface area contributed by atoms with Gasteiger partial charge in [0.15, 0.2) is 0 Å². The van der Waals surface area contributed by atoms with E-state index in [1.807, 2.05) is 32.0 Å². The van der Waals surface area contributed by atoms with Gasteiger partial charge in [-0.2, -0.15) is 0 Å². The number of thioether (sulfide) groups is 1. The SMILES string of the molecule is Cc1cc(C)cc(CSCC(=O)N(Cc2cccc(C)c2)C(C)C(=O)NC2CCCC2)c1. The van der Waals surface area contributed by atoms with E-state index in [9.17, 15) is 9.59 Å². The average Bonchev–Trinajstić information content (AvgIpc) is 3.24. The van der Waals surface area contributed by atoms with Crippen LogP contribution in [-0.4, -0.2) is 34.6 Å². The lowest BCUT2D eigenvalue weighted by atomic mass is 10.1. The first-order valence-electron chi connectivity index (χ1n) is 11.6. The molecule has 32 heavy (non-hydrogen) atoms. The number of benzene rings is 2. The van der Waals surface area contributed by atoms with E-state index in [1.165, 1.54) is 29.5 Å². The second-order valence-corrected chi connectivity index (χ2v) is 10.2. The molecule has 1 N–H and O–H groups in total. The summed E-state index contributed by atoms with van der Waals surface area (Å²) in [6, 6.07) is 14.4. The van der Waals surface area contributed by atoms with Crippen molar-refractivity contribution >= 4 is 23.6 Å². The van der Waals surface area contributed by atoms with E-state index in [0.29, 0.717) is 12.3 Å². The number of carbonyl (C=O) groups excluding carboxylic acids is 2. The van der Waals surface area contributed by atoms with Gasteiger partial charge >= 0.3 is 0 Å². The molecule has 3 rings (SSSR count). The molecule has 172 valence electrons. The fraction of sp³-hybridized carbons (Fsp3) is 0.481. The van der Waals surface area contributed by atoms with Crippen molar-refractivity contribution < 1.29 is 9.59 Å². The highest BCUT2D eigenvalue weighted by molar-refractivity contribution is 7.99. The maximum Gasteiger partial charge on any atom is 0.242 e. The van der Waals surface area contributed by atoms with Gasteiger partial charge < -0.3 is 10.2 Å². The Balaban J connectivity index is 1.66. The molecule has 0 bridgehead atoms. The van der Waals surface area contributed by atoms with Crippen molar-refractivity contribution in [1.29, 1.82) is 0 Å². The Morgan fingerprint density at radius 3 is 2.31 bits per heavy atom. The molecule has 0 aliphatic heterocycles. The molecule has 0 aromatic heterocycles. The highest BCUT2D eigenvalue weighted by Crippen LogP contribution is 2.20. The molecule has 0 saturated heterocycles. The second-order valence-electron chi connectivity index (χ2n) is 9.17. The van der Waals surface area contributed by atoms with Crippen LogP contribution in [-0.2, 0) is 21.9 Å². The Bertz CT molecular complexity index is 917. The van der Waals surface area contributed by atoms with Crippen LogP contribution in [0.15, 0.2) is 42.5 Å². The van der Waals surface area contributed by atoms with Crippen molar-refractivity contribution in [3.63, 3.8) is 0 Å². The zero-order valence-corrected chi connectivity index (χ0v) is 20.6. The van der Waals surface area contributed by atoms with Gasteiger partial charge in [0.1, 0.15) is 6.04 Å². The monoisotopic (exact) mass is 452 g/mol. The first kappa shape index (κ1) is 24.4. The largest absolute Gasteiger partial charge is 0.352 e. The molecule has 1 fully saturated rings. The Labute approximate surface area is 197 Å². The van der Waals surface area contributed by atoms with Gasteiger partial charge in [0.2, 0.25) is 11.8 Å². The number of hydrogen-bond acceptors (Lipinski definition) is 3. The van der Waals surface area contributed by atoms with Gasteiger partial charge in [-0.05, 0) is 51.7 Å².